The third-order valence-corrected chi connectivity index (χ3v) is 3.47. The highest BCUT2D eigenvalue weighted by atomic mass is 16.5. The second-order valence-corrected chi connectivity index (χ2v) is 4.93. The third-order valence-electron chi connectivity index (χ3n) is 3.47. The van der Waals surface area contributed by atoms with Crippen molar-refractivity contribution < 1.29 is 9.53 Å². The normalized spacial score (nSPS) is 12.0. The molecule has 5 heteroatoms. The van der Waals surface area contributed by atoms with Crippen LogP contribution in [0, 0.1) is 0 Å². The number of para-hydroxylation sites is 1. The molecule has 1 unspecified atom stereocenters. The summed E-state index contributed by atoms with van der Waals surface area (Å²) in [5.41, 5.74) is 1.04. The summed E-state index contributed by atoms with van der Waals surface area (Å²) in [6.07, 6.45) is 3.92. The van der Waals surface area contributed by atoms with E-state index in [1.807, 2.05) is 48.9 Å². The monoisotopic (exact) mass is 287 g/mol. The largest absolute Gasteiger partial charge is 0.496 e. The lowest BCUT2D eigenvalue weighted by molar-refractivity contribution is -0.116. The minimum Gasteiger partial charge on any atom is -0.496 e. The molecule has 1 N–H and O–H groups in total. The Balaban J connectivity index is 2.02. The van der Waals surface area contributed by atoms with E-state index in [4.69, 9.17) is 4.74 Å². The fourth-order valence-corrected chi connectivity index (χ4v) is 2.33. The molecule has 1 heterocycles. The van der Waals surface area contributed by atoms with Crippen LogP contribution in [0.5, 0.6) is 5.75 Å². The predicted molar refractivity (Wildman–Crippen MR) is 82.6 cm³/mol. The molecule has 0 radical (unpaired) electrons. The summed E-state index contributed by atoms with van der Waals surface area (Å²) in [6.45, 7) is 4.80. The Labute approximate surface area is 125 Å². The van der Waals surface area contributed by atoms with Gasteiger partial charge in [0.1, 0.15) is 5.75 Å². The van der Waals surface area contributed by atoms with Crippen LogP contribution in [0.15, 0.2) is 36.7 Å². The molecule has 1 amide bonds. The van der Waals surface area contributed by atoms with Crippen LogP contribution in [0.4, 0.5) is 5.95 Å². The summed E-state index contributed by atoms with van der Waals surface area (Å²) in [7, 11) is 1.64. The molecule has 21 heavy (non-hydrogen) atoms. The molecule has 5 nitrogen and oxygen atoms in total. The van der Waals surface area contributed by atoms with Crippen molar-refractivity contribution in [3.05, 3.63) is 42.2 Å². The second-order valence-electron chi connectivity index (χ2n) is 4.93. The molecular formula is C16H21N3O2. The Morgan fingerprint density at radius 2 is 2.19 bits per heavy atom. The maximum Gasteiger partial charge on any atom is 0.227 e. The first-order chi connectivity index (χ1) is 10.2. The second kappa shape index (κ2) is 6.92. The van der Waals surface area contributed by atoms with E-state index in [9.17, 15) is 4.79 Å². The van der Waals surface area contributed by atoms with E-state index in [2.05, 4.69) is 10.3 Å². The molecule has 0 saturated carbocycles. The molecule has 2 rings (SSSR count). The summed E-state index contributed by atoms with van der Waals surface area (Å²) in [5, 5.41) is 2.85. The molecule has 1 atom stereocenters. The van der Waals surface area contributed by atoms with Gasteiger partial charge >= 0.3 is 0 Å². The summed E-state index contributed by atoms with van der Waals surface area (Å²) in [5.74, 6) is 1.43. The maximum absolute atomic E-state index is 12.2. The molecule has 1 aromatic carbocycles. The average molecular weight is 287 g/mol. The van der Waals surface area contributed by atoms with Crippen molar-refractivity contribution in [2.75, 3.05) is 12.4 Å². The van der Waals surface area contributed by atoms with Crippen LogP contribution in [-0.2, 0) is 11.3 Å². The van der Waals surface area contributed by atoms with Crippen molar-refractivity contribution in [2.24, 2.45) is 0 Å². The molecule has 0 bridgehead atoms. The molecule has 0 aliphatic heterocycles. The predicted octanol–water partition coefficient (Wildman–Crippen LogP) is 3.04. The van der Waals surface area contributed by atoms with E-state index in [-0.39, 0.29) is 11.8 Å². The number of anilines is 1. The summed E-state index contributed by atoms with van der Waals surface area (Å²) < 4.78 is 7.24. The molecule has 0 spiro atoms. The Hall–Kier alpha value is -2.30. The topological polar surface area (TPSA) is 56.2 Å². The van der Waals surface area contributed by atoms with Crippen LogP contribution in [0.2, 0.25) is 0 Å². The van der Waals surface area contributed by atoms with E-state index in [1.54, 1.807) is 13.3 Å². The van der Waals surface area contributed by atoms with E-state index >= 15 is 0 Å². The Morgan fingerprint density at radius 3 is 2.90 bits per heavy atom. The first-order valence-electron chi connectivity index (χ1n) is 7.09. The Kier molecular flexibility index (Phi) is 4.98. The lowest BCUT2D eigenvalue weighted by atomic mass is 9.96. The minimum atomic E-state index is -0.0469. The van der Waals surface area contributed by atoms with Crippen LogP contribution < -0.4 is 10.1 Å². The van der Waals surface area contributed by atoms with Gasteiger partial charge in [0.25, 0.3) is 0 Å². The number of benzene rings is 1. The first kappa shape index (κ1) is 15.1. The quantitative estimate of drug-likeness (QED) is 0.888. The Bertz CT molecular complexity index is 607. The molecule has 0 fully saturated rings. The number of methoxy groups -OCH3 is 1. The highest BCUT2D eigenvalue weighted by Gasteiger charge is 2.16. The number of carbonyl (C=O) groups excluding carboxylic acids is 1. The van der Waals surface area contributed by atoms with Crippen molar-refractivity contribution in [3.63, 3.8) is 0 Å². The first-order valence-corrected chi connectivity index (χ1v) is 7.09. The molecule has 0 aliphatic rings. The minimum absolute atomic E-state index is 0.0469. The number of hydrogen-bond donors (Lipinski definition) is 1. The zero-order valence-corrected chi connectivity index (χ0v) is 12.7. The van der Waals surface area contributed by atoms with Crippen molar-refractivity contribution in [1.82, 2.24) is 9.55 Å². The van der Waals surface area contributed by atoms with Gasteiger partial charge in [0.2, 0.25) is 11.9 Å². The fraction of sp³-hybridized carbons (Fsp3) is 0.375. The number of aromatic nitrogens is 2. The SMILES string of the molecule is CCn1ccnc1NC(=O)CC(C)c1ccccc1OC. The van der Waals surface area contributed by atoms with Gasteiger partial charge in [0.05, 0.1) is 7.11 Å². The van der Waals surface area contributed by atoms with Crippen LogP contribution >= 0.6 is 0 Å². The van der Waals surface area contributed by atoms with Crippen molar-refractivity contribution in [2.45, 2.75) is 32.7 Å². The fourth-order valence-electron chi connectivity index (χ4n) is 2.33. The van der Waals surface area contributed by atoms with Gasteiger partial charge in [-0.25, -0.2) is 4.98 Å². The number of ether oxygens (including phenoxy) is 1. The van der Waals surface area contributed by atoms with Gasteiger partial charge in [-0.3, -0.25) is 10.1 Å². The summed E-state index contributed by atoms with van der Waals surface area (Å²) in [4.78, 5) is 16.3. The van der Waals surface area contributed by atoms with E-state index in [0.29, 0.717) is 12.4 Å². The van der Waals surface area contributed by atoms with Gasteiger partial charge < -0.3 is 9.30 Å². The number of imidazole rings is 1. The molecule has 2 aromatic rings. The van der Waals surface area contributed by atoms with Gasteiger partial charge in [-0.05, 0) is 24.5 Å². The van der Waals surface area contributed by atoms with Gasteiger partial charge in [-0.1, -0.05) is 25.1 Å². The number of rotatable bonds is 6. The number of nitrogens with zero attached hydrogens (tertiary/aromatic N) is 2. The van der Waals surface area contributed by atoms with E-state index in [0.717, 1.165) is 17.9 Å². The number of aryl methyl sites for hydroxylation is 1. The van der Waals surface area contributed by atoms with Crippen molar-refractivity contribution in [3.8, 4) is 5.75 Å². The van der Waals surface area contributed by atoms with Gasteiger partial charge in [0.15, 0.2) is 0 Å². The smallest absolute Gasteiger partial charge is 0.227 e. The average Bonchev–Trinajstić information content (AvgIpc) is 2.94. The van der Waals surface area contributed by atoms with Crippen LogP contribution in [0.3, 0.4) is 0 Å². The molecular weight excluding hydrogens is 266 g/mol. The van der Waals surface area contributed by atoms with Gasteiger partial charge in [0, 0.05) is 25.4 Å². The molecule has 1 aromatic heterocycles. The van der Waals surface area contributed by atoms with Crippen molar-refractivity contribution >= 4 is 11.9 Å². The van der Waals surface area contributed by atoms with Gasteiger partial charge in [-0.15, -0.1) is 0 Å². The zero-order valence-electron chi connectivity index (χ0n) is 12.7. The maximum atomic E-state index is 12.2. The van der Waals surface area contributed by atoms with E-state index < -0.39 is 0 Å². The zero-order chi connectivity index (χ0) is 15.2. The lowest BCUT2D eigenvalue weighted by Gasteiger charge is -2.15. The lowest BCUT2D eigenvalue weighted by Crippen LogP contribution is -2.17. The van der Waals surface area contributed by atoms with Crippen LogP contribution in [0.25, 0.3) is 0 Å². The number of nitrogens with one attached hydrogen (secondary N) is 1. The summed E-state index contributed by atoms with van der Waals surface area (Å²) in [6, 6.07) is 7.78. The van der Waals surface area contributed by atoms with E-state index in [1.165, 1.54) is 0 Å². The number of carbonyl (C=O) groups is 1. The summed E-state index contributed by atoms with van der Waals surface area (Å²) >= 11 is 0. The van der Waals surface area contributed by atoms with Crippen LogP contribution in [0.1, 0.15) is 31.7 Å². The molecule has 0 saturated heterocycles. The number of amides is 1. The van der Waals surface area contributed by atoms with Crippen molar-refractivity contribution in [1.29, 1.82) is 0 Å². The van der Waals surface area contributed by atoms with Crippen LogP contribution in [-0.4, -0.2) is 22.6 Å². The standard InChI is InChI=1S/C16H21N3O2/c1-4-19-10-9-17-16(19)18-15(20)11-12(2)13-7-5-6-8-14(13)21-3/h5-10,12H,4,11H2,1-3H3,(H,17,18,20). The Morgan fingerprint density at radius 1 is 1.43 bits per heavy atom. The number of hydrogen-bond acceptors (Lipinski definition) is 3. The molecule has 0 aliphatic carbocycles. The van der Waals surface area contributed by atoms with Gasteiger partial charge in [-0.2, -0.15) is 0 Å². The third kappa shape index (κ3) is 3.62. The highest BCUT2D eigenvalue weighted by molar-refractivity contribution is 5.89. The highest BCUT2D eigenvalue weighted by Crippen LogP contribution is 2.28. The molecule has 112 valence electrons.